The van der Waals surface area contributed by atoms with Gasteiger partial charge in [-0.2, -0.15) is 0 Å². The lowest BCUT2D eigenvalue weighted by molar-refractivity contribution is -0.136. The Hall–Kier alpha value is -3.54. The summed E-state index contributed by atoms with van der Waals surface area (Å²) >= 11 is 0. The molecule has 4 N–H and O–H groups in total. The second kappa shape index (κ2) is 16.5. The van der Waals surface area contributed by atoms with Crippen LogP contribution in [0.2, 0.25) is 0 Å². The van der Waals surface area contributed by atoms with Gasteiger partial charge >= 0.3 is 6.09 Å². The van der Waals surface area contributed by atoms with E-state index in [0.29, 0.717) is 31.2 Å². The summed E-state index contributed by atoms with van der Waals surface area (Å²) in [6.45, 7) is 7.46. The standard InChI is InChI=1S/C32H47FN4O7/c1-20(44-32(2,3)4)27(37-31(42)43-19-22-10-12-24(33)13-11-22)30(41)36-26(16-21-8-6-5-7-9-21)29(40)35-25(18-38)17-23-14-15-34-28(23)39/h10-13,18,20-21,23,25-27H,5-9,14-17,19H2,1-4H3,(H,34,39)(H,35,40)(H,36,41)(H,37,42)/t20-,23+,25+,26+,27+/m1/s1. The minimum atomic E-state index is -1.22. The van der Waals surface area contributed by atoms with Crippen LogP contribution in [-0.4, -0.2) is 66.5 Å². The molecule has 2 fully saturated rings. The van der Waals surface area contributed by atoms with Gasteiger partial charge in [0.25, 0.3) is 0 Å². The number of rotatable bonds is 14. The first-order valence-electron chi connectivity index (χ1n) is 15.5. The highest BCUT2D eigenvalue weighted by Crippen LogP contribution is 2.28. The molecule has 12 heteroatoms. The first-order valence-corrected chi connectivity index (χ1v) is 15.5. The maximum Gasteiger partial charge on any atom is 0.408 e. The Morgan fingerprint density at radius 2 is 1.68 bits per heavy atom. The number of halogens is 1. The van der Waals surface area contributed by atoms with Gasteiger partial charge in [-0.1, -0.05) is 44.2 Å². The van der Waals surface area contributed by atoms with E-state index in [1.807, 2.05) is 20.8 Å². The van der Waals surface area contributed by atoms with Crippen molar-refractivity contribution in [2.45, 2.75) is 115 Å². The zero-order valence-electron chi connectivity index (χ0n) is 26.2. The maximum absolute atomic E-state index is 13.7. The zero-order valence-corrected chi connectivity index (χ0v) is 26.2. The number of alkyl carbamates (subject to hydrolysis) is 1. The van der Waals surface area contributed by atoms with Crippen LogP contribution in [0.3, 0.4) is 0 Å². The predicted octanol–water partition coefficient (Wildman–Crippen LogP) is 3.29. The van der Waals surface area contributed by atoms with Gasteiger partial charge in [0.1, 0.15) is 30.8 Å². The molecule has 4 amide bonds. The van der Waals surface area contributed by atoms with Crippen LogP contribution in [0, 0.1) is 17.7 Å². The van der Waals surface area contributed by atoms with Crippen LogP contribution < -0.4 is 21.3 Å². The summed E-state index contributed by atoms with van der Waals surface area (Å²) in [5, 5.41) is 10.8. The molecule has 0 radical (unpaired) electrons. The highest BCUT2D eigenvalue weighted by atomic mass is 19.1. The van der Waals surface area contributed by atoms with E-state index in [9.17, 15) is 28.4 Å². The Bertz CT molecular complexity index is 1130. The monoisotopic (exact) mass is 618 g/mol. The third kappa shape index (κ3) is 11.5. The van der Waals surface area contributed by atoms with E-state index in [-0.39, 0.29) is 30.8 Å². The largest absolute Gasteiger partial charge is 0.445 e. The normalized spacial score (nSPS) is 20.0. The fourth-order valence-electron chi connectivity index (χ4n) is 5.78. The molecule has 11 nitrogen and oxygen atoms in total. The number of nitrogens with one attached hydrogen (secondary N) is 4. The summed E-state index contributed by atoms with van der Waals surface area (Å²) in [4.78, 5) is 64.0. The molecule has 1 heterocycles. The molecule has 5 atom stereocenters. The smallest absolute Gasteiger partial charge is 0.408 e. The minimum Gasteiger partial charge on any atom is -0.445 e. The number of carbonyl (C=O) groups excluding carboxylic acids is 5. The lowest BCUT2D eigenvalue weighted by atomic mass is 9.84. The number of aldehydes is 1. The van der Waals surface area contributed by atoms with Crippen LogP contribution in [0.15, 0.2) is 24.3 Å². The molecule has 1 saturated carbocycles. The van der Waals surface area contributed by atoms with Gasteiger partial charge in [0.15, 0.2) is 0 Å². The SMILES string of the molecule is C[C@@H](OC(C)(C)C)[C@H](NC(=O)OCc1ccc(F)cc1)C(=O)N[C@@H](CC1CCCCC1)C(=O)N[C@H](C=O)C[C@@H]1CCNC1=O. The summed E-state index contributed by atoms with van der Waals surface area (Å²) in [5.74, 6) is -1.91. The van der Waals surface area contributed by atoms with Crippen LogP contribution in [0.4, 0.5) is 9.18 Å². The Morgan fingerprint density at radius 3 is 2.27 bits per heavy atom. The van der Waals surface area contributed by atoms with Crippen molar-refractivity contribution >= 4 is 30.1 Å². The minimum absolute atomic E-state index is 0.145. The molecular formula is C32H47FN4O7. The molecule has 2 aliphatic rings. The van der Waals surface area contributed by atoms with E-state index in [2.05, 4.69) is 21.3 Å². The molecule has 1 aromatic rings. The average molecular weight is 619 g/mol. The summed E-state index contributed by atoms with van der Waals surface area (Å²) in [7, 11) is 0. The number of amides is 4. The van der Waals surface area contributed by atoms with Crippen molar-refractivity contribution in [2.24, 2.45) is 11.8 Å². The van der Waals surface area contributed by atoms with Crippen molar-refractivity contribution in [3.8, 4) is 0 Å². The van der Waals surface area contributed by atoms with Crippen LogP contribution in [-0.2, 0) is 35.3 Å². The lowest BCUT2D eigenvalue weighted by Gasteiger charge is -2.32. The number of carbonyl (C=O) groups is 5. The molecule has 244 valence electrons. The number of hydrogen-bond donors (Lipinski definition) is 4. The Morgan fingerprint density at radius 1 is 1.00 bits per heavy atom. The van der Waals surface area contributed by atoms with Gasteiger partial charge in [-0.15, -0.1) is 0 Å². The van der Waals surface area contributed by atoms with Crippen LogP contribution in [0.5, 0.6) is 0 Å². The quantitative estimate of drug-likeness (QED) is 0.234. The van der Waals surface area contributed by atoms with Crippen molar-refractivity contribution in [2.75, 3.05) is 6.54 Å². The molecule has 0 bridgehead atoms. The van der Waals surface area contributed by atoms with Crippen molar-refractivity contribution in [3.05, 3.63) is 35.6 Å². The van der Waals surface area contributed by atoms with Gasteiger partial charge in [-0.05, 0) is 70.6 Å². The topological polar surface area (TPSA) is 152 Å². The highest BCUT2D eigenvalue weighted by molar-refractivity contribution is 5.92. The number of hydrogen-bond acceptors (Lipinski definition) is 7. The van der Waals surface area contributed by atoms with Gasteiger partial charge in [0, 0.05) is 12.5 Å². The first kappa shape index (κ1) is 34.9. The van der Waals surface area contributed by atoms with E-state index in [0.717, 1.165) is 32.1 Å². The van der Waals surface area contributed by atoms with E-state index in [4.69, 9.17) is 9.47 Å². The van der Waals surface area contributed by atoms with Gasteiger partial charge in [-0.25, -0.2) is 9.18 Å². The molecule has 44 heavy (non-hydrogen) atoms. The van der Waals surface area contributed by atoms with E-state index >= 15 is 0 Å². The molecule has 1 saturated heterocycles. The summed E-state index contributed by atoms with van der Waals surface area (Å²) in [5.41, 5.74) is -0.0918. The average Bonchev–Trinajstić information content (AvgIpc) is 3.38. The molecule has 0 unspecified atom stereocenters. The summed E-state index contributed by atoms with van der Waals surface area (Å²) in [6.07, 6.45) is 5.04. The fraction of sp³-hybridized carbons (Fsp3) is 0.656. The van der Waals surface area contributed by atoms with Crippen molar-refractivity contribution in [1.82, 2.24) is 21.3 Å². The number of benzene rings is 1. The number of ether oxygens (including phenoxy) is 2. The first-order chi connectivity index (χ1) is 20.8. The van der Waals surface area contributed by atoms with Crippen LogP contribution >= 0.6 is 0 Å². The maximum atomic E-state index is 13.7. The molecule has 0 spiro atoms. The zero-order chi connectivity index (χ0) is 32.3. The van der Waals surface area contributed by atoms with Crippen molar-refractivity contribution < 1.29 is 37.8 Å². The van der Waals surface area contributed by atoms with Crippen molar-refractivity contribution in [1.29, 1.82) is 0 Å². The van der Waals surface area contributed by atoms with Gasteiger partial charge < -0.3 is 35.5 Å². The van der Waals surface area contributed by atoms with Crippen LogP contribution in [0.25, 0.3) is 0 Å². The van der Waals surface area contributed by atoms with Crippen LogP contribution in [0.1, 0.15) is 84.6 Å². The summed E-state index contributed by atoms with van der Waals surface area (Å²) < 4.78 is 24.5. The molecule has 0 aromatic heterocycles. The predicted molar refractivity (Wildman–Crippen MR) is 161 cm³/mol. The molecule has 1 aromatic carbocycles. The second-order valence-corrected chi connectivity index (χ2v) is 12.8. The van der Waals surface area contributed by atoms with E-state index in [1.54, 1.807) is 6.92 Å². The summed E-state index contributed by atoms with van der Waals surface area (Å²) in [6, 6.07) is 2.38. The Labute approximate surface area is 258 Å². The fourth-order valence-corrected chi connectivity index (χ4v) is 5.78. The third-order valence-corrected chi connectivity index (χ3v) is 7.97. The Kier molecular flexibility index (Phi) is 13.1. The Balaban J connectivity index is 1.73. The van der Waals surface area contributed by atoms with Gasteiger partial charge in [-0.3, -0.25) is 14.4 Å². The van der Waals surface area contributed by atoms with Gasteiger partial charge in [0.05, 0.1) is 17.7 Å². The molecular weight excluding hydrogens is 571 g/mol. The second-order valence-electron chi connectivity index (χ2n) is 12.8. The third-order valence-electron chi connectivity index (χ3n) is 7.97. The highest BCUT2D eigenvalue weighted by Gasteiger charge is 2.36. The molecule has 3 rings (SSSR count). The van der Waals surface area contributed by atoms with Gasteiger partial charge in [0.2, 0.25) is 17.7 Å². The molecule has 1 aliphatic carbocycles. The molecule has 1 aliphatic heterocycles. The van der Waals surface area contributed by atoms with E-state index in [1.165, 1.54) is 24.3 Å². The van der Waals surface area contributed by atoms with E-state index < -0.39 is 53.6 Å². The lowest BCUT2D eigenvalue weighted by Crippen LogP contribution is -2.59. The van der Waals surface area contributed by atoms with Crippen molar-refractivity contribution in [3.63, 3.8) is 0 Å².